The second-order valence-corrected chi connectivity index (χ2v) is 6.88. The van der Waals surface area contributed by atoms with Gasteiger partial charge in [-0.05, 0) is 36.4 Å². The molecule has 1 aromatic heterocycles. The number of nitriles is 1. The first-order valence-corrected chi connectivity index (χ1v) is 8.88. The highest BCUT2D eigenvalue weighted by atomic mass is 32.2. The SMILES string of the molecule is N#Cc1ccc(C(=O)c2ncccc2O[C@@H]2[C@@H](O)[C@H](O)CS[C@H]2O)cc1. The molecule has 0 amide bonds. The minimum Gasteiger partial charge on any atom is -0.482 e. The van der Waals surface area contributed by atoms with Gasteiger partial charge in [-0.15, -0.1) is 11.8 Å². The number of hydrogen-bond acceptors (Lipinski definition) is 8. The van der Waals surface area contributed by atoms with E-state index in [1.807, 2.05) is 6.07 Å². The molecule has 2 heterocycles. The van der Waals surface area contributed by atoms with Crippen molar-refractivity contribution in [3.05, 3.63) is 59.4 Å². The van der Waals surface area contributed by atoms with Crippen LogP contribution < -0.4 is 4.74 Å². The molecule has 8 heteroatoms. The van der Waals surface area contributed by atoms with Crippen LogP contribution in [0.25, 0.3) is 0 Å². The van der Waals surface area contributed by atoms with Crippen LogP contribution in [0.5, 0.6) is 5.75 Å². The topological polar surface area (TPSA) is 124 Å². The number of aromatic nitrogens is 1. The van der Waals surface area contributed by atoms with Crippen molar-refractivity contribution in [3.63, 3.8) is 0 Å². The number of carbonyl (C=O) groups excluding carboxylic acids is 1. The molecule has 0 bridgehead atoms. The normalized spacial score (nSPS) is 25.3. The maximum atomic E-state index is 12.7. The predicted octanol–water partition coefficient (Wildman–Crippen LogP) is 0.719. The Morgan fingerprint density at radius 2 is 1.96 bits per heavy atom. The van der Waals surface area contributed by atoms with Crippen LogP contribution in [0.15, 0.2) is 42.6 Å². The molecule has 1 aliphatic heterocycles. The highest BCUT2D eigenvalue weighted by molar-refractivity contribution is 7.99. The van der Waals surface area contributed by atoms with E-state index in [-0.39, 0.29) is 17.2 Å². The molecule has 3 rings (SSSR count). The molecular weight excluding hydrogens is 356 g/mol. The van der Waals surface area contributed by atoms with Gasteiger partial charge in [0, 0.05) is 17.5 Å². The third kappa shape index (κ3) is 3.71. The van der Waals surface area contributed by atoms with Gasteiger partial charge in [0.05, 0.1) is 17.7 Å². The average Bonchev–Trinajstić information content (AvgIpc) is 2.68. The molecular formula is C18H16N2O5S. The van der Waals surface area contributed by atoms with E-state index < -0.39 is 29.5 Å². The van der Waals surface area contributed by atoms with E-state index >= 15 is 0 Å². The second kappa shape index (κ2) is 7.85. The van der Waals surface area contributed by atoms with E-state index in [4.69, 9.17) is 10.00 Å². The molecule has 1 fully saturated rings. The monoisotopic (exact) mass is 372 g/mol. The molecule has 7 nitrogen and oxygen atoms in total. The van der Waals surface area contributed by atoms with Crippen LogP contribution in [0.1, 0.15) is 21.6 Å². The highest BCUT2D eigenvalue weighted by Gasteiger charge is 2.39. The molecule has 26 heavy (non-hydrogen) atoms. The van der Waals surface area contributed by atoms with Crippen molar-refractivity contribution in [2.24, 2.45) is 0 Å². The van der Waals surface area contributed by atoms with Crippen LogP contribution in [0.3, 0.4) is 0 Å². The largest absolute Gasteiger partial charge is 0.482 e. The minimum absolute atomic E-state index is 0.0154. The van der Waals surface area contributed by atoms with Crippen LogP contribution >= 0.6 is 11.8 Å². The first-order chi connectivity index (χ1) is 12.5. The third-order valence-corrected chi connectivity index (χ3v) is 5.12. The lowest BCUT2D eigenvalue weighted by molar-refractivity contribution is -0.0723. The van der Waals surface area contributed by atoms with Crippen molar-refractivity contribution in [2.75, 3.05) is 5.75 Å². The summed E-state index contributed by atoms with van der Waals surface area (Å²) in [5.41, 5.74) is -0.279. The Balaban J connectivity index is 1.88. The summed E-state index contributed by atoms with van der Waals surface area (Å²) in [4.78, 5) is 16.8. The van der Waals surface area contributed by atoms with E-state index in [2.05, 4.69) is 4.98 Å². The maximum Gasteiger partial charge on any atom is 0.215 e. The Kier molecular flexibility index (Phi) is 5.54. The number of pyridine rings is 1. The number of thioether (sulfide) groups is 1. The number of aliphatic hydroxyl groups is 3. The van der Waals surface area contributed by atoms with Crippen molar-refractivity contribution in [1.29, 1.82) is 5.26 Å². The summed E-state index contributed by atoms with van der Waals surface area (Å²) in [7, 11) is 0. The molecule has 0 aliphatic carbocycles. The Morgan fingerprint density at radius 3 is 2.65 bits per heavy atom. The molecule has 134 valence electrons. The lowest BCUT2D eigenvalue weighted by Gasteiger charge is -2.35. The lowest BCUT2D eigenvalue weighted by atomic mass is 10.0. The highest BCUT2D eigenvalue weighted by Crippen LogP contribution is 2.30. The van der Waals surface area contributed by atoms with Gasteiger partial charge in [0.15, 0.2) is 11.8 Å². The summed E-state index contributed by atoms with van der Waals surface area (Å²) in [6.45, 7) is 0. The van der Waals surface area contributed by atoms with Crippen LogP contribution in [-0.2, 0) is 0 Å². The Labute approximate surface area is 153 Å². The Hall–Kier alpha value is -2.44. The zero-order chi connectivity index (χ0) is 18.7. The fraction of sp³-hybridized carbons (Fsp3) is 0.278. The van der Waals surface area contributed by atoms with Gasteiger partial charge >= 0.3 is 0 Å². The number of benzene rings is 1. The summed E-state index contributed by atoms with van der Waals surface area (Å²) < 4.78 is 5.65. The van der Waals surface area contributed by atoms with Crippen LogP contribution in [0.4, 0.5) is 0 Å². The fourth-order valence-electron chi connectivity index (χ4n) is 2.54. The minimum atomic E-state index is -1.29. The van der Waals surface area contributed by atoms with E-state index in [0.717, 1.165) is 11.8 Å². The molecule has 0 spiro atoms. The zero-order valence-corrected chi connectivity index (χ0v) is 14.3. The molecule has 4 atom stereocenters. The standard InChI is InChI=1S/C18H16N2O5S/c19-8-10-3-5-11(6-4-10)15(22)14-13(2-1-7-20-14)25-17-16(23)12(21)9-26-18(17)24/h1-7,12,16-18,21,23-24H,9H2/t12-,16+,17-,18-/m1/s1. The van der Waals surface area contributed by atoms with Crippen LogP contribution in [0.2, 0.25) is 0 Å². The van der Waals surface area contributed by atoms with E-state index in [1.54, 1.807) is 6.07 Å². The number of rotatable bonds is 4. The van der Waals surface area contributed by atoms with Gasteiger partial charge in [-0.3, -0.25) is 4.79 Å². The first-order valence-electron chi connectivity index (χ1n) is 7.83. The summed E-state index contributed by atoms with van der Waals surface area (Å²) in [6, 6.07) is 11.1. The number of hydrogen-bond donors (Lipinski definition) is 3. The van der Waals surface area contributed by atoms with Crippen molar-refractivity contribution >= 4 is 17.5 Å². The van der Waals surface area contributed by atoms with Gasteiger partial charge in [0.25, 0.3) is 0 Å². The molecule has 0 unspecified atom stereocenters. The fourth-order valence-corrected chi connectivity index (χ4v) is 3.54. The molecule has 2 aromatic rings. The van der Waals surface area contributed by atoms with Crippen molar-refractivity contribution in [1.82, 2.24) is 4.98 Å². The van der Waals surface area contributed by atoms with Gasteiger partial charge in [-0.2, -0.15) is 5.26 Å². The Morgan fingerprint density at radius 1 is 1.23 bits per heavy atom. The van der Waals surface area contributed by atoms with E-state index in [0.29, 0.717) is 11.1 Å². The van der Waals surface area contributed by atoms with Crippen molar-refractivity contribution in [2.45, 2.75) is 23.7 Å². The van der Waals surface area contributed by atoms with Gasteiger partial charge in [0.2, 0.25) is 5.78 Å². The van der Waals surface area contributed by atoms with Gasteiger partial charge in [0.1, 0.15) is 17.3 Å². The molecule has 3 N–H and O–H groups in total. The third-order valence-electron chi connectivity index (χ3n) is 3.97. The zero-order valence-electron chi connectivity index (χ0n) is 13.5. The van der Waals surface area contributed by atoms with E-state index in [9.17, 15) is 20.1 Å². The average molecular weight is 372 g/mol. The van der Waals surface area contributed by atoms with Crippen molar-refractivity contribution < 1.29 is 24.9 Å². The van der Waals surface area contributed by atoms with Crippen LogP contribution in [0, 0.1) is 11.3 Å². The quantitative estimate of drug-likeness (QED) is 0.671. The second-order valence-electron chi connectivity index (χ2n) is 5.73. The van der Waals surface area contributed by atoms with Gasteiger partial charge in [-0.1, -0.05) is 0 Å². The molecule has 0 radical (unpaired) electrons. The maximum absolute atomic E-state index is 12.7. The molecule has 1 saturated heterocycles. The number of ether oxygens (including phenoxy) is 1. The smallest absolute Gasteiger partial charge is 0.215 e. The van der Waals surface area contributed by atoms with Crippen LogP contribution in [-0.4, -0.2) is 55.6 Å². The van der Waals surface area contributed by atoms with E-state index in [1.165, 1.54) is 36.5 Å². The number of ketones is 1. The lowest BCUT2D eigenvalue weighted by Crippen LogP contribution is -2.52. The summed E-state index contributed by atoms with van der Waals surface area (Å²) in [5, 5.41) is 38.8. The van der Waals surface area contributed by atoms with Gasteiger partial charge < -0.3 is 20.1 Å². The summed E-state index contributed by atoms with van der Waals surface area (Å²) >= 11 is 1.06. The molecule has 1 aliphatic rings. The molecule has 1 aromatic carbocycles. The summed E-state index contributed by atoms with van der Waals surface area (Å²) in [5.74, 6) is -0.135. The molecule has 0 saturated carbocycles. The Bertz CT molecular complexity index is 836. The predicted molar refractivity (Wildman–Crippen MR) is 93.7 cm³/mol. The number of carbonyl (C=O) groups is 1. The first kappa shape index (κ1) is 18.4. The number of nitrogens with zero attached hydrogens (tertiary/aromatic N) is 2. The van der Waals surface area contributed by atoms with Gasteiger partial charge in [-0.25, -0.2) is 4.98 Å². The van der Waals surface area contributed by atoms with Crippen molar-refractivity contribution in [3.8, 4) is 11.8 Å². The summed E-state index contributed by atoms with van der Waals surface area (Å²) in [6.07, 6.45) is -1.99. The number of aliphatic hydroxyl groups excluding tert-OH is 3.